The van der Waals surface area contributed by atoms with Gasteiger partial charge in [0.15, 0.2) is 24.8 Å². The summed E-state index contributed by atoms with van der Waals surface area (Å²) in [5, 5.41) is 38.0. The molecule has 3 fully saturated rings. The highest BCUT2D eigenvalue weighted by Gasteiger charge is 2.55. The number of cyclic esters (lactones) is 1. The van der Waals surface area contributed by atoms with Gasteiger partial charge in [0, 0.05) is 52.1 Å². The van der Waals surface area contributed by atoms with Crippen molar-refractivity contribution >= 4 is 29.6 Å². The van der Waals surface area contributed by atoms with E-state index in [0.29, 0.717) is 6.42 Å². The molecular weight excluding hydrogens is 865 g/mol. The first kappa shape index (κ1) is 57.2. The van der Waals surface area contributed by atoms with E-state index in [4.69, 9.17) is 47.5 Å². The van der Waals surface area contributed by atoms with Gasteiger partial charge in [-0.25, -0.2) is 4.79 Å². The summed E-state index contributed by atoms with van der Waals surface area (Å²) in [6.45, 7) is 20.6. The summed E-state index contributed by atoms with van der Waals surface area (Å²) >= 11 is 0. The van der Waals surface area contributed by atoms with Crippen molar-refractivity contribution in [3.05, 3.63) is 12.2 Å². The van der Waals surface area contributed by atoms with Crippen LogP contribution in [0.15, 0.2) is 17.3 Å². The number of aliphatic hydroxyl groups excluding tert-OH is 2. The number of rotatable bonds is 14. The van der Waals surface area contributed by atoms with Gasteiger partial charge in [0.25, 0.3) is 0 Å². The van der Waals surface area contributed by atoms with E-state index in [9.17, 15) is 34.5 Å². The number of aliphatic hydroxyl groups is 3. The number of ether oxygens (including phenoxy) is 9. The molecule has 0 amide bonds. The Labute approximate surface area is 391 Å². The molecule has 18 atom stereocenters. The number of carbonyl (C=O) groups excluding carboxylic acids is 4. The summed E-state index contributed by atoms with van der Waals surface area (Å²) in [7, 11) is 5.22. The normalized spacial score (nSPS) is 41.5. The highest BCUT2D eigenvalue weighted by Crippen LogP contribution is 2.43. The fourth-order valence-electron chi connectivity index (χ4n) is 9.90. The first-order valence-corrected chi connectivity index (χ1v) is 23.1. The van der Waals surface area contributed by atoms with Crippen LogP contribution in [0.25, 0.3) is 0 Å². The molecule has 0 spiro atoms. The summed E-state index contributed by atoms with van der Waals surface area (Å²) in [6, 6.07) is -0.353. The Kier molecular flexibility index (Phi) is 21.2. The van der Waals surface area contributed by atoms with Gasteiger partial charge in [0.2, 0.25) is 0 Å². The number of likely N-dealkylation sites (N-methyl/N-ethyl adjacent to an activating group) is 1. The molecule has 0 aromatic rings. The van der Waals surface area contributed by atoms with Gasteiger partial charge in [0.05, 0.1) is 67.0 Å². The molecular formula is C47H80N2O17. The van der Waals surface area contributed by atoms with Crippen molar-refractivity contribution in [3.8, 4) is 0 Å². The van der Waals surface area contributed by atoms with E-state index in [2.05, 4.69) is 5.16 Å². The average Bonchev–Trinajstić information content (AvgIpc) is 3.22. The number of esters is 3. The van der Waals surface area contributed by atoms with Crippen LogP contribution in [0.2, 0.25) is 0 Å². The molecule has 380 valence electrons. The number of hydrogen-bond donors (Lipinski definition) is 3. The second-order valence-electron chi connectivity index (χ2n) is 19.3. The maximum absolute atomic E-state index is 14.7. The lowest BCUT2D eigenvalue weighted by Gasteiger charge is -2.50. The molecule has 1 unspecified atom stereocenters. The van der Waals surface area contributed by atoms with E-state index < -0.39 is 120 Å². The third-order valence-corrected chi connectivity index (χ3v) is 13.4. The Morgan fingerprint density at radius 2 is 1.50 bits per heavy atom. The molecule has 0 aromatic heterocycles. The maximum atomic E-state index is 14.7. The fourth-order valence-corrected chi connectivity index (χ4v) is 9.90. The lowest BCUT2D eigenvalue weighted by molar-refractivity contribution is -0.321. The van der Waals surface area contributed by atoms with E-state index >= 15 is 0 Å². The largest absolute Gasteiger partial charge is 0.459 e. The Bertz CT molecular complexity index is 1680. The van der Waals surface area contributed by atoms with Crippen LogP contribution >= 0.6 is 0 Å². The first-order valence-electron chi connectivity index (χ1n) is 23.1. The Hall–Kier alpha value is -3.11. The molecule has 19 heteroatoms. The quantitative estimate of drug-likeness (QED) is 0.0737. The van der Waals surface area contributed by atoms with Gasteiger partial charge in [-0.2, -0.15) is 0 Å². The lowest BCUT2D eigenvalue weighted by Crippen LogP contribution is -2.62. The van der Waals surface area contributed by atoms with E-state index in [1.54, 1.807) is 54.5 Å². The maximum Gasteiger partial charge on any atom is 0.331 e. The smallest absolute Gasteiger partial charge is 0.331 e. The third-order valence-electron chi connectivity index (χ3n) is 13.4. The number of nitrogens with zero attached hydrogens (tertiary/aromatic N) is 2. The van der Waals surface area contributed by atoms with E-state index in [0.717, 1.165) is 0 Å². The molecule has 3 aliphatic heterocycles. The number of methoxy groups -OCH3 is 1. The van der Waals surface area contributed by atoms with Crippen LogP contribution < -0.4 is 0 Å². The minimum Gasteiger partial charge on any atom is -0.459 e. The van der Waals surface area contributed by atoms with E-state index in [1.165, 1.54) is 40.9 Å². The highest BCUT2D eigenvalue weighted by molar-refractivity contribution is 5.89. The van der Waals surface area contributed by atoms with Crippen molar-refractivity contribution in [1.82, 2.24) is 4.90 Å². The Morgan fingerprint density at radius 1 is 0.864 bits per heavy atom. The SMILES string of the molecule is CC[C@H]1OC(=O)[C@H](C)[C@@H](OC2C[C@@](C)(OC)[C@@H](OC(C)=O)[C@H](C)O2)[C@H](C)[C@@H](O[C@@H]2O[C@H](C)C[C@H](N(C)C)[C@H]2OC(C)=O)[C@](C)(OC/C=C/CO)C[C@@H](C)/C(=N\OC(C)=O)[C@H](C)[C@@H](O)[C@]1(C)O. The Balaban J connectivity index is 2.44. The zero-order valence-corrected chi connectivity index (χ0v) is 42.0. The summed E-state index contributed by atoms with van der Waals surface area (Å²) in [5.41, 5.74) is -4.43. The van der Waals surface area contributed by atoms with Crippen LogP contribution in [0, 0.1) is 23.7 Å². The van der Waals surface area contributed by atoms with Crippen LogP contribution in [0.3, 0.4) is 0 Å². The minimum absolute atomic E-state index is 0.0391. The van der Waals surface area contributed by atoms with E-state index in [1.807, 2.05) is 32.8 Å². The van der Waals surface area contributed by atoms with Gasteiger partial charge in [-0.3, -0.25) is 14.4 Å². The summed E-state index contributed by atoms with van der Waals surface area (Å²) in [5.74, 6) is -6.27. The predicted molar refractivity (Wildman–Crippen MR) is 240 cm³/mol. The molecule has 3 aliphatic rings. The van der Waals surface area contributed by atoms with Crippen molar-refractivity contribution in [2.45, 2.75) is 200 Å². The molecule has 0 saturated carbocycles. The third kappa shape index (κ3) is 14.2. The molecule has 19 nitrogen and oxygen atoms in total. The summed E-state index contributed by atoms with van der Waals surface area (Å²) < 4.78 is 57.7. The van der Waals surface area contributed by atoms with Crippen LogP contribution in [-0.2, 0) is 66.6 Å². The van der Waals surface area contributed by atoms with Gasteiger partial charge >= 0.3 is 23.9 Å². The molecule has 3 saturated heterocycles. The van der Waals surface area contributed by atoms with Gasteiger partial charge in [0.1, 0.15) is 17.3 Å². The molecule has 0 aliphatic carbocycles. The van der Waals surface area contributed by atoms with Crippen molar-refractivity contribution in [2.75, 3.05) is 34.4 Å². The molecule has 3 heterocycles. The van der Waals surface area contributed by atoms with Crippen LogP contribution in [0.1, 0.15) is 116 Å². The predicted octanol–water partition coefficient (Wildman–Crippen LogP) is 3.85. The van der Waals surface area contributed by atoms with Crippen LogP contribution in [0.4, 0.5) is 0 Å². The topological polar surface area (TPSA) is 237 Å². The highest BCUT2D eigenvalue weighted by atomic mass is 16.7. The van der Waals surface area contributed by atoms with Crippen molar-refractivity contribution in [2.24, 2.45) is 28.8 Å². The van der Waals surface area contributed by atoms with Crippen molar-refractivity contribution in [3.63, 3.8) is 0 Å². The summed E-state index contributed by atoms with van der Waals surface area (Å²) in [6.07, 6.45) is -6.46. The second-order valence-corrected chi connectivity index (χ2v) is 19.3. The average molecular weight is 945 g/mol. The number of oxime groups is 1. The zero-order chi connectivity index (χ0) is 50.1. The standard InChI is InChI=1S/C47H80N2O17/c1-17-35-47(13,56)40(54)27(4)37(48-66-33(10)53)25(2)23-46(12,58-21-19-18-20-50)41(65-44-39(61-31(8)51)34(49(14)15)22-26(3)59-44)28(5)38(29(6)43(55)63-35)64-36-24-45(11,57-16)42(30(7)60-36)62-32(9)52/h18-19,25-30,34-36,38-42,44,50,54,56H,17,20-24H2,1-16H3/b19-18+,48-37+/t25-,26-,27+,28+,29-,30+,34+,35-,36?,38+,39-,40-,41-,42+,44+,45-,46-,47-/m1/s1. The van der Waals surface area contributed by atoms with Gasteiger partial charge in [-0.1, -0.05) is 45.0 Å². The number of carbonyl (C=O) groups is 4. The molecule has 3 rings (SSSR count). The van der Waals surface area contributed by atoms with Gasteiger partial charge in [-0.15, -0.1) is 0 Å². The van der Waals surface area contributed by atoms with E-state index in [-0.39, 0.29) is 50.3 Å². The summed E-state index contributed by atoms with van der Waals surface area (Å²) in [4.78, 5) is 59.1. The van der Waals surface area contributed by atoms with Gasteiger partial charge in [-0.05, 0) is 74.9 Å². The molecule has 0 aromatic carbocycles. The molecule has 66 heavy (non-hydrogen) atoms. The van der Waals surface area contributed by atoms with Crippen molar-refractivity contribution < 1.29 is 82.0 Å². The molecule has 3 N–H and O–H groups in total. The van der Waals surface area contributed by atoms with Crippen LogP contribution in [-0.4, -0.2) is 168 Å². The Morgan fingerprint density at radius 3 is 2.05 bits per heavy atom. The van der Waals surface area contributed by atoms with Gasteiger partial charge < -0.3 is 67.7 Å². The molecule has 0 bridgehead atoms. The minimum atomic E-state index is -2.05. The van der Waals surface area contributed by atoms with Crippen molar-refractivity contribution in [1.29, 1.82) is 0 Å². The molecule has 0 radical (unpaired) electrons. The fraction of sp³-hybridized carbons (Fsp3) is 0.851. The first-order chi connectivity index (χ1) is 30.7. The zero-order valence-electron chi connectivity index (χ0n) is 42.0. The second kappa shape index (κ2) is 24.4. The number of hydrogen-bond acceptors (Lipinski definition) is 19. The lowest BCUT2D eigenvalue weighted by atomic mass is 9.73. The monoisotopic (exact) mass is 945 g/mol. The van der Waals surface area contributed by atoms with Crippen LogP contribution in [0.5, 0.6) is 0 Å².